The van der Waals surface area contributed by atoms with Gasteiger partial charge in [0.25, 0.3) is 0 Å². The lowest BCUT2D eigenvalue weighted by Gasteiger charge is -2.12. The summed E-state index contributed by atoms with van der Waals surface area (Å²) in [5.74, 6) is 1.39. The maximum atomic E-state index is 6.11. The van der Waals surface area contributed by atoms with Crippen LogP contribution in [0.2, 0.25) is 10.0 Å². The topological polar surface area (TPSA) is 30.5 Å². The molecule has 0 aliphatic heterocycles. The van der Waals surface area contributed by atoms with Gasteiger partial charge in [-0.2, -0.15) is 0 Å². The SMILES string of the molecule is COc1ccc(CNc2c(Cl)cccc2Cl)cc1OC. The first-order valence-corrected chi connectivity index (χ1v) is 6.80. The summed E-state index contributed by atoms with van der Waals surface area (Å²) in [6.45, 7) is 0.587. The van der Waals surface area contributed by atoms with Gasteiger partial charge < -0.3 is 14.8 Å². The highest BCUT2D eigenvalue weighted by atomic mass is 35.5. The molecule has 0 saturated heterocycles. The predicted molar refractivity (Wildman–Crippen MR) is 83.3 cm³/mol. The van der Waals surface area contributed by atoms with Gasteiger partial charge in [0, 0.05) is 6.54 Å². The minimum atomic E-state index is 0.587. The Kier molecular flexibility index (Phi) is 4.99. The summed E-state index contributed by atoms with van der Waals surface area (Å²) in [6, 6.07) is 11.1. The molecule has 0 bridgehead atoms. The van der Waals surface area contributed by atoms with Crippen LogP contribution in [0.5, 0.6) is 11.5 Å². The number of ether oxygens (including phenoxy) is 2. The second-order valence-electron chi connectivity index (χ2n) is 4.14. The fourth-order valence-corrected chi connectivity index (χ4v) is 2.38. The summed E-state index contributed by atoms with van der Waals surface area (Å²) >= 11 is 12.2. The standard InChI is InChI=1S/C15H15Cl2NO2/c1-19-13-7-6-10(8-14(13)20-2)9-18-15-11(16)4-3-5-12(15)17/h3-8,18H,9H2,1-2H3. The van der Waals surface area contributed by atoms with Gasteiger partial charge in [0.15, 0.2) is 11.5 Å². The maximum absolute atomic E-state index is 6.11. The van der Waals surface area contributed by atoms with E-state index in [1.54, 1.807) is 26.4 Å². The van der Waals surface area contributed by atoms with E-state index in [0.29, 0.717) is 28.1 Å². The molecule has 1 N–H and O–H groups in total. The quantitative estimate of drug-likeness (QED) is 0.873. The molecule has 2 rings (SSSR count). The Morgan fingerprint density at radius 2 is 1.60 bits per heavy atom. The number of anilines is 1. The van der Waals surface area contributed by atoms with Crippen molar-refractivity contribution < 1.29 is 9.47 Å². The van der Waals surface area contributed by atoms with Crippen LogP contribution < -0.4 is 14.8 Å². The summed E-state index contributed by atoms with van der Waals surface area (Å²) in [7, 11) is 3.22. The van der Waals surface area contributed by atoms with Crippen LogP contribution in [-0.2, 0) is 6.54 Å². The molecular formula is C15H15Cl2NO2. The van der Waals surface area contributed by atoms with Gasteiger partial charge in [0.2, 0.25) is 0 Å². The monoisotopic (exact) mass is 311 g/mol. The molecule has 2 aromatic carbocycles. The molecule has 0 aromatic heterocycles. The summed E-state index contributed by atoms with van der Waals surface area (Å²) in [5, 5.41) is 4.42. The van der Waals surface area contributed by atoms with Crippen LogP contribution in [0.25, 0.3) is 0 Å². The summed E-state index contributed by atoms with van der Waals surface area (Å²) in [6.07, 6.45) is 0. The third-order valence-electron chi connectivity index (χ3n) is 2.88. The zero-order chi connectivity index (χ0) is 14.5. The molecule has 0 fully saturated rings. The predicted octanol–water partition coefficient (Wildman–Crippen LogP) is 4.62. The molecule has 0 aliphatic rings. The number of nitrogens with one attached hydrogen (secondary N) is 1. The average Bonchev–Trinajstić information content (AvgIpc) is 2.46. The Morgan fingerprint density at radius 3 is 2.20 bits per heavy atom. The minimum Gasteiger partial charge on any atom is -0.493 e. The lowest BCUT2D eigenvalue weighted by atomic mass is 10.2. The van der Waals surface area contributed by atoms with Crippen molar-refractivity contribution in [3.63, 3.8) is 0 Å². The summed E-state index contributed by atoms with van der Waals surface area (Å²) in [5.41, 5.74) is 1.77. The van der Waals surface area contributed by atoms with Crippen molar-refractivity contribution in [1.29, 1.82) is 0 Å². The molecule has 2 aromatic rings. The Morgan fingerprint density at radius 1 is 0.950 bits per heavy atom. The molecule has 106 valence electrons. The van der Waals surface area contributed by atoms with Crippen LogP contribution in [0.4, 0.5) is 5.69 Å². The van der Waals surface area contributed by atoms with Crippen LogP contribution in [0.15, 0.2) is 36.4 Å². The van der Waals surface area contributed by atoms with Crippen LogP contribution in [0.3, 0.4) is 0 Å². The molecule has 0 atom stereocenters. The molecule has 0 unspecified atom stereocenters. The number of methoxy groups -OCH3 is 2. The van der Waals surface area contributed by atoms with E-state index in [-0.39, 0.29) is 0 Å². The number of benzene rings is 2. The molecule has 0 radical (unpaired) electrons. The third kappa shape index (κ3) is 3.30. The van der Waals surface area contributed by atoms with Crippen molar-refractivity contribution in [2.75, 3.05) is 19.5 Å². The smallest absolute Gasteiger partial charge is 0.161 e. The molecule has 3 nitrogen and oxygen atoms in total. The fraction of sp³-hybridized carbons (Fsp3) is 0.200. The highest BCUT2D eigenvalue weighted by molar-refractivity contribution is 6.39. The van der Waals surface area contributed by atoms with E-state index >= 15 is 0 Å². The maximum Gasteiger partial charge on any atom is 0.161 e. The van der Waals surface area contributed by atoms with Crippen molar-refractivity contribution in [1.82, 2.24) is 0 Å². The van der Waals surface area contributed by atoms with E-state index in [2.05, 4.69) is 5.32 Å². The molecule has 0 spiro atoms. The van der Waals surface area contributed by atoms with Gasteiger partial charge >= 0.3 is 0 Å². The number of halogens is 2. The van der Waals surface area contributed by atoms with Crippen molar-refractivity contribution in [2.24, 2.45) is 0 Å². The Balaban J connectivity index is 2.15. The van der Waals surface area contributed by atoms with Gasteiger partial charge in [-0.25, -0.2) is 0 Å². The second kappa shape index (κ2) is 6.73. The first kappa shape index (κ1) is 14.8. The van der Waals surface area contributed by atoms with Gasteiger partial charge in [-0.3, -0.25) is 0 Å². The van der Waals surface area contributed by atoms with Crippen molar-refractivity contribution >= 4 is 28.9 Å². The van der Waals surface area contributed by atoms with E-state index in [1.165, 1.54) is 0 Å². The number of rotatable bonds is 5. The zero-order valence-corrected chi connectivity index (χ0v) is 12.8. The lowest BCUT2D eigenvalue weighted by Crippen LogP contribution is -2.01. The molecule has 20 heavy (non-hydrogen) atoms. The summed E-state index contributed by atoms with van der Waals surface area (Å²) in [4.78, 5) is 0. The van der Waals surface area contributed by atoms with E-state index in [1.807, 2.05) is 24.3 Å². The van der Waals surface area contributed by atoms with E-state index in [4.69, 9.17) is 32.7 Å². The Labute approximate surface area is 128 Å². The zero-order valence-electron chi connectivity index (χ0n) is 11.2. The summed E-state index contributed by atoms with van der Waals surface area (Å²) < 4.78 is 10.5. The van der Waals surface area contributed by atoms with E-state index in [9.17, 15) is 0 Å². The van der Waals surface area contributed by atoms with E-state index < -0.39 is 0 Å². The third-order valence-corrected chi connectivity index (χ3v) is 3.51. The van der Waals surface area contributed by atoms with Gasteiger partial charge in [-0.1, -0.05) is 35.3 Å². The average molecular weight is 312 g/mol. The van der Waals surface area contributed by atoms with E-state index in [0.717, 1.165) is 11.3 Å². The highest BCUT2D eigenvalue weighted by Gasteiger charge is 2.07. The van der Waals surface area contributed by atoms with Gasteiger partial charge in [-0.15, -0.1) is 0 Å². The molecule has 0 heterocycles. The fourth-order valence-electron chi connectivity index (χ4n) is 1.85. The largest absolute Gasteiger partial charge is 0.493 e. The van der Waals surface area contributed by atoms with Gasteiger partial charge in [0.05, 0.1) is 30.0 Å². The molecule has 0 amide bonds. The molecule has 0 saturated carbocycles. The van der Waals surface area contributed by atoms with Crippen molar-refractivity contribution in [3.8, 4) is 11.5 Å². The minimum absolute atomic E-state index is 0.587. The van der Waals surface area contributed by atoms with Crippen LogP contribution in [0.1, 0.15) is 5.56 Å². The lowest BCUT2D eigenvalue weighted by molar-refractivity contribution is 0.354. The highest BCUT2D eigenvalue weighted by Crippen LogP contribution is 2.31. The first-order chi connectivity index (χ1) is 9.65. The Bertz CT molecular complexity index is 582. The molecule has 0 aliphatic carbocycles. The van der Waals surface area contributed by atoms with Gasteiger partial charge in [0.1, 0.15) is 0 Å². The van der Waals surface area contributed by atoms with Crippen molar-refractivity contribution in [2.45, 2.75) is 6.54 Å². The molecule has 5 heteroatoms. The first-order valence-electron chi connectivity index (χ1n) is 6.04. The van der Waals surface area contributed by atoms with Crippen molar-refractivity contribution in [3.05, 3.63) is 52.0 Å². The van der Waals surface area contributed by atoms with Gasteiger partial charge in [-0.05, 0) is 29.8 Å². The van der Waals surface area contributed by atoms with Crippen LogP contribution in [0, 0.1) is 0 Å². The normalized spacial score (nSPS) is 10.2. The number of para-hydroxylation sites is 1. The number of hydrogen-bond donors (Lipinski definition) is 1. The number of hydrogen-bond acceptors (Lipinski definition) is 3. The second-order valence-corrected chi connectivity index (χ2v) is 4.95. The Hall–Kier alpha value is -1.58. The van der Waals surface area contributed by atoms with Crippen LogP contribution in [-0.4, -0.2) is 14.2 Å². The molecular weight excluding hydrogens is 297 g/mol. The van der Waals surface area contributed by atoms with Crippen LogP contribution >= 0.6 is 23.2 Å².